The molecule has 0 saturated carbocycles. The van der Waals surface area contributed by atoms with Crippen LogP contribution in [-0.2, 0) is 14.3 Å². The molecule has 0 radical (unpaired) electrons. The van der Waals surface area contributed by atoms with Crippen molar-refractivity contribution in [2.24, 2.45) is 11.8 Å². The Morgan fingerprint density at radius 2 is 1.90 bits per heavy atom. The number of nitrogens with zero attached hydrogens (tertiary/aromatic N) is 1. The number of carbonyl (C=O) groups excluding carboxylic acids is 2. The van der Waals surface area contributed by atoms with E-state index in [1.54, 1.807) is 24.3 Å². The van der Waals surface area contributed by atoms with Crippen LogP contribution in [0.1, 0.15) is 6.92 Å². The molecule has 3 heterocycles. The first-order valence-electron chi connectivity index (χ1n) is 6.52. The minimum absolute atomic E-state index is 0.180. The molecule has 5 heteroatoms. The van der Waals surface area contributed by atoms with E-state index in [0.29, 0.717) is 10.7 Å². The summed E-state index contributed by atoms with van der Waals surface area (Å²) >= 11 is 5.85. The van der Waals surface area contributed by atoms with E-state index in [1.807, 2.05) is 19.1 Å². The molecule has 102 valence electrons. The zero-order valence-corrected chi connectivity index (χ0v) is 11.5. The van der Waals surface area contributed by atoms with Gasteiger partial charge in [0.05, 0.1) is 29.2 Å². The molecule has 2 bridgehead atoms. The molecule has 0 aromatic heterocycles. The summed E-state index contributed by atoms with van der Waals surface area (Å²) in [5.74, 6) is -1.18. The zero-order valence-electron chi connectivity index (χ0n) is 10.7. The largest absolute Gasteiger partial charge is 0.362 e. The van der Waals surface area contributed by atoms with Crippen LogP contribution < -0.4 is 4.90 Å². The Morgan fingerprint density at radius 3 is 2.55 bits per heavy atom. The molecule has 3 aliphatic rings. The van der Waals surface area contributed by atoms with Crippen molar-refractivity contribution in [3.05, 3.63) is 41.4 Å². The lowest BCUT2D eigenvalue weighted by atomic mass is 9.78. The van der Waals surface area contributed by atoms with Crippen molar-refractivity contribution in [1.82, 2.24) is 0 Å². The first-order chi connectivity index (χ1) is 9.51. The third kappa shape index (κ3) is 1.35. The maximum absolute atomic E-state index is 12.6. The maximum atomic E-state index is 12.6. The zero-order chi connectivity index (χ0) is 14.1. The summed E-state index contributed by atoms with van der Waals surface area (Å²) in [7, 11) is 0. The van der Waals surface area contributed by atoms with Crippen LogP contribution >= 0.6 is 11.6 Å². The normalized spacial score (nSPS) is 37.9. The Bertz CT molecular complexity index is 654. The highest BCUT2D eigenvalue weighted by Crippen LogP contribution is 2.52. The number of hydrogen-bond donors (Lipinski definition) is 0. The standard InChI is InChI=1S/C15H12ClNO3/c1-15-7-6-10(20-15)11-12(15)14(19)17(13(11)18)9-4-2-8(16)3-5-9/h2-7,10-12H,1H3/t10-,11+,12+,15+/m1/s1. The molecular formula is C15H12ClNO3. The number of rotatable bonds is 1. The predicted molar refractivity (Wildman–Crippen MR) is 73.3 cm³/mol. The van der Waals surface area contributed by atoms with Crippen LogP contribution in [0, 0.1) is 11.8 Å². The first kappa shape index (κ1) is 12.1. The Balaban J connectivity index is 1.77. The second kappa shape index (κ2) is 3.71. The molecule has 4 atom stereocenters. The molecule has 3 aliphatic heterocycles. The molecule has 0 unspecified atom stereocenters. The van der Waals surface area contributed by atoms with E-state index in [1.165, 1.54) is 4.90 Å². The van der Waals surface area contributed by atoms with Crippen molar-refractivity contribution in [2.45, 2.75) is 18.6 Å². The van der Waals surface area contributed by atoms with E-state index in [-0.39, 0.29) is 17.9 Å². The monoisotopic (exact) mass is 289 g/mol. The molecule has 2 amide bonds. The molecule has 4 rings (SSSR count). The molecule has 1 aromatic carbocycles. The number of ether oxygens (including phenoxy) is 1. The van der Waals surface area contributed by atoms with Crippen LogP contribution in [0.15, 0.2) is 36.4 Å². The molecule has 20 heavy (non-hydrogen) atoms. The number of hydrogen-bond acceptors (Lipinski definition) is 3. The maximum Gasteiger partial charge on any atom is 0.241 e. The number of imide groups is 1. The van der Waals surface area contributed by atoms with Gasteiger partial charge in [0.2, 0.25) is 11.8 Å². The Labute approximate surface area is 121 Å². The van der Waals surface area contributed by atoms with Crippen LogP contribution in [0.4, 0.5) is 5.69 Å². The van der Waals surface area contributed by atoms with Crippen LogP contribution in [0.25, 0.3) is 0 Å². The average molecular weight is 290 g/mol. The molecule has 0 aliphatic carbocycles. The summed E-state index contributed by atoms with van der Waals surface area (Å²) in [6.07, 6.45) is 3.51. The van der Waals surface area contributed by atoms with E-state index in [0.717, 1.165) is 0 Å². The summed E-state index contributed by atoms with van der Waals surface area (Å²) in [4.78, 5) is 26.5. The summed E-state index contributed by atoms with van der Waals surface area (Å²) < 4.78 is 5.77. The summed E-state index contributed by atoms with van der Waals surface area (Å²) in [5, 5.41) is 0.574. The highest BCUT2D eigenvalue weighted by Gasteiger charge is 2.65. The van der Waals surface area contributed by atoms with Gasteiger partial charge in [0.1, 0.15) is 0 Å². The fraction of sp³-hybridized carbons (Fsp3) is 0.333. The van der Waals surface area contributed by atoms with Gasteiger partial charge in [-0.15, -0.1) is 0 Å². The van der Waals surface area contributed by atoms with Gasteiger partial charge in [0.25, 0.3) is 0 Å². The third-order valence-electron chi connectivity index (χ3n) is 4.41. The van der Waals surface area contributed by atoms with Gasteiger partial charge in [-0.05, 0) is 31.2 Å². The molecule has 0 N–H and O–H groups in total. The topological polar surface area (TPSA) is 46.6 Å². The van der Waals surface area contributed by atoms with Crippen molar-refractivity contribution in [2.75, 3.05) is 4.90 Å². The Hall–Kier alpha value is -1.65. The van der Waals surface area contributed by atoms with Crippen LogP contribution in [0.5, 0.6) is 0 Å². The predicted octanol–water partition coefficient (Wildman–Crippen LogP) is 2.17. The molecule has 1 aromatic rings. The minimum atomic E-state index is -0.650. The van der Waals surface area contributed by atoms with Gasteiger partial charge < -0.3 is 4.74 Å². The highest BCUT2D eigenvalue weighted by molar-refractivity contribution is 6.31. The van der Waals surface area contributed by atoms with Crippen molar-refractivity contribution >= 4 is 29.1 Å². The van der Waals surface area contributed by atoms with E-state index in [4.69, 9.17) is 16.3 Å². The van der Waals surface area contributed by atoms with Gasteiger partial charge in [-0.3, -0.25) is 9.59 Å². The fourth-order valence-electron chi connectivity index (χ4n) is 3.50. The van der Waals surface area contributed by atoms with Gasteiger partial charge in [0.15, 0.2) is 0 Å². The van der Waals surface area contributed by atoms with Gasteiger partial charge in [-0.2, -0.15) is 0 Å². The number of fused-ring (bicyclic) bond motifs is 5. The van der Waals surface area contributed by atoms with Crippen molar-refractivity contribution in [3.63, 3.8) is 0 Å². The molecule has 0 spiro atoms. The van der Waals surface area contributed by atoms with Crippen molar-refractivity contribution in [3.8, 4) is 0 Å². The lowest BCUT2D eigenvalue weighted by Crippen LogP contribution is -2.38. The lowest BCUT2D eigenvalue weighted by Gasteiger charge is -2.24. The highest BCUT2D eigenvalue weighted by atomic mass is 35.5. The smallest absolute Gasteiger partial charge is 0.241 e. The van der Waals surface area contributed by atoms with Gasteiger partial charge in [-0.25, -0.2) is 4.90 Å². The molecular weight excluding hydrogens is 278 g/mol. The molecule has 2 fully saturated rings. The van der Waals surface area contributed by atoms with Crippen molar-refractivity contribution in [1.29, 1.82) is 0 Å². The van der Waals surface area contributed by atoms with Crippen LogP contribution in [0.2, 0.25) is 5.02 Å². The molecule has 4 nitrogen and oxygen atoms in total. The lowest BCUT2D eigenvalue weighted by molar-refractivity contribution is -0.126. The Morgan fingerprint density at radius 1 is 1.20 bits per heavy atom. The Kier molecular flexibility index (Phi) is 2.25. The number of anilines is 1. The number of carbonyl (C=O) groups is 2. The minimum Gasteiger partial charge on any atom is -0.362 e. The van der Waals surface area contributed by atoms with Gasteiger partial charge in [-0.1, -0.05) is 23.8 Å². The van der Waals surface area contributed by atoms with E-state index >= 15 is 0 Å². The van der Waals surface area contributed by atoms with Crippen LogP contribution in [-0.4, -0.2) is 23.5 Å². The second-order valence-electron chi connectivity index (χ2n) is 5.62. The van der Waals surface area contributed by atoms with E-state index in [9.17, 15) is 9.59 Å². The molecule has 2 saturated heterocycles. The van der Waals surface area contributed by atoms with E-state index in [2.05, 4.69) is 0 Å². The van der Waals surface area contributed by atoms with Gasteiger partial charge >= 0.3 is 0 Å². The van der Waals surface area contributed by atoms with Crippen molar-refractivity contribution < 1.29 is 14.3 Å². The number of amides is 2. The summed E-state index contributed by atoms with van der Waals surface area (Å²) in [6, 6.07) is 6.74. The second-order valence-corrected chi connectivity index (χ2v) is 6.05. The summed E-state index contributed by atoms with van der Waals surface area (Å²) in [6.45, 7) is 1.87. The fourth-order valence-corrected chi connectivity index (χ4v) is 3.62. The quantitative estimate of drug-likeness (QED) is 0.588. The van der Waals surface area contributed by atoms with Gasteiger partial charge in [0, 0.05) is 5.02 Å². The first-order valence-corrected chi connectivity index (χ1v) is 6.90. The number of halogens is 1. The SMILES string of the molecule is C[C@@]12C=C[C@@H](O1)[C@@H]1C(=O)N(c3ccc(Cl)cc3)C(=O)[C@H]12. The van der Waals surface area contributed by atoms with E-state index < -0.39 is 17.4 Å². The summed E-state index contributed by atoms with van der Waals surface area (Å²) in [5.41, 5.74) is -0.0784. The number of benzene rings is 1. The van der Waals surface area contributed by atoms with Crippen LogP contribution in [0.3, 0.4) is 0 Å². The third-order valence-corrected chi connectivity index (χ3v) is 4.67. The average Bonchev–Trinajstić information content (AvgIpc) is 3.01.